The summed E-state index contributed by atoms with van der Waals surface area (Å²) in [5.74, 6) is 3.97. The maximum Gasteiger partial charge on any atom is 0.00984 e. The zero-order valence-corrected chi connectivity index (χ0v) is 12.3. The van der Waals surface area contributed by atoms with Crippen LogP contribution in [0.1, 0.15) is 71.6 Å². The summed E-state index contributed by atoms with van der Waals surface area (Å²) in [5, 5.41) is 0. The Morgan fingerprint density at radius 1 is 1.06 bits per heavy atom. The second kappa shape index (κ2) is 4.81. The zero-order chi connectivity index (χ0) is 12.8. The van der Waals surface area contributed by atoms with E-state index in [4.69, 9.17) is 5.73 Å². The van der Waals surface area contributed by atoms with Crippen molar-refractivity contribution in [3.8, 4) is 0 Å². The van der Waals surface area contributed by atoms with Crippen LogP contribution in [0.25, 0.3) is 0 Å². The van der Waals surface area contributed by atoms with E-state index in [1.807, 2.05) is 0 Å². The summed E-state index contributed by atoms with van der Waals surface area (Å²) >= 11 is 0. The topological polar surface area (TPSA) is 26.0 Å². The van der Waals surface area contributed by atoms with Gasteiger partial charge in [-0.05, 0) is 74.0 Å². The summed E-state index contributed by atoms with van der Waals surface area (Å²) in [5.41, 5.74) is 7.27. The maximum absolute atomic E-state index is 6.70. The quantitative estimate of drug-likeness (QED) is 0.770. The van der Waals surface area contributed by atoms with Crippen molar-refractivity contribution in [1.82, 2.24) is 0 Å². The van der Waals surface area contributed by atoms with Crippen LogP contribution in [0.15, 0.2) is 0 Å². The highest BCUT2D eigenvalue weighted by Gasteiger charge is 2.53. The average Bonchev–Trinajstić information content (AvgIpc) is 2.27. The van der Waals surface area contributed by atoms with E-state index < -0.39 is 0 Å². The second-order valence-corrected chi connectivity index (χ2v) is 8.02. The lowest BCUT2D eigenvalue weighted by molar-refractivity contribution is -0.0702. The van der Waals surface area contributed by atoms with E-state index in [-0.39, 0.29) is 0 Å². The second-order valence-electron chi connectivity index (χ2n) is 8.02. The molecule has 0 spiro atoms. The van der Waals surface area contributed by atoms with Crippen molar-refractivity contribution < 1.29 is 0 Å². The number of hydrogen-bond donors (Lipinski definition) is 1. The highest BCUT2D eigenvalue weighted by molar-refractivity contribution is 5.05. The first-order valence-corrected chi connectivity index (χ1v) is 8.37. The molecule has 4 bridgehead atoms. The Morgan fingerprint density at radius 2 is 1.56 bits per heavy atom. The Balaban J connectivity index is 1.67. The molecule has 4 rings (SSSR count). The molecule has 1 nitrogen and oxygen atoms in total. The molecule has 4 aliphatic carbocycles. The molecular formula is C17H31N. The van der Waals surface area contributed by atoms with Gasteiger partial charge in [-0.2, -0.15) is 0 Å². The molecule has 0 heterocycles. The highest BCUT2D eigenvalue weighted by atomic mass is 14.7. The monoisotopic (exact) mass is 249 g/mol. The van der Waals surface area contributed by atoms with Crippen LogP contribution in [-0.2, 0) is 0 Å². The third-order valence-corrected chi connectivity index (χ3v) is 6.31. The fourth-order valence-electron chi connectivity index (χ4n) is 5.93. The Kier molecular flexibility index (Phi) is 3.47. The first-order valence-electron chi connectivity index (χ1n) is 8.37. The van der Waals surface area contributed by atoms with Crippen LogP contribution in [0.4, 0.5) is 0 Å². The first kappa shape index (κ1) is 13.0. The summed E-state index contributed by atoms with van der Waals surface area (Å²) in [4.78, 5) is 0. The van der Waals surface area contributed by atoms with Gasteiger partial charge in [-0.1, -0.05) is 26.7 Å². The minimum Gasteiger partial charge on any atom is -0.327 e. The molecule has 0 radical (unpaired) electrons. The Labute approximate surface area is 113 Å². The lowest BCUT2D eigenvalue weighted by atomic mass is 9.47. The van der Waals surface area contributed by atoms with Crippen LogP contribution in [0.3, 0.4) is 0 Å². The van der Waals surface area contributed by atoms with E-state index in [9.17, 15) is 0 Å². The lowest BCUT2D eigenvalue weighted by Gasteiger charge is -2.59. The Morgan fingerprint density at radius 3 is 2.00 bits per heavy atom. The summed E-state index contributed by atoms with van der Waals surface area (Å²) in [6, 6.07) is 0.493. The van der Waals surface area contributed by atoms with Gasteiger partial charge in [0.25, 0.3) is 0 Å². The summed E-state index contributed by atoms with van der Waals surface area (Å²) in [6.45, 7) is 4.70. The van der Waals surface area contributed by atoms with Gasteiger partial charge in [0.05, 0.1) is 0 Å². The van der Waals surface area contributed by atoms with Crippen molar-refractivity contribution in [3.63, 3.8) is 0 Å². The minimum absolute atomic E-state index is 0.493. The van der Waals surface area contributed by atoms with Crippen molar-refractivity contribution in [2.24, 2.45) is 34.8 Å². The van der Waals surface area contributed by atoms with Gasteiger partial charge in [0.15, 0.2) is 0 Å². The Hall–Kier alpha value is -0.0400. The molecule has 0 aromatic rings. The van der Waals surface area contributed by atoms with Crippen LogP contribution in [-0.4, -0.2) is 6.04 Å². The van der Waals surface area contributed by atoms with E-state index in [0.29, 0.717) is 11.5 Å². The summed E-state index contributed by atoms with van der Waals surface area (Å²) in [6.07, 6.45) is 13.0. The smallest absolute Gasteiger partial charge is 0.00984 e. The number of hydrogen-bond acceptors (Lipinski definition) is 1. The molecule has 0 amide bonds. The molecule has 18 heavy (non-hydrogen) atoms. The molecule has 2 N–H and O–H groups in total. The van der Waals surface area contributed by atoms with Crippen molar-refractivity contribution >= 4 is 0 Å². The average molecular weight is 249 g/mol. The predicted molar refractivity (Wildman–Crippen MR) is 77.3 cm³/mol. The molecule has 0 saturated heterocycles. The Bertz CT molecular complexity index is 261. The summed E-state index contributed by atoms with van der Waals surface area (Å²) < 4.78 is 0. The number of rotatable bonds is 5. The SMILES string of the molecule is CCCC(C)CC(N)C12CC3CC(CC(C3)C1)C2. The van der Waals surface area contributed by atoms with Gasteiger partial charge in [0, 0.05) is 6.04 Å². The largest absolute Gasteiger partial charge is 0.327 e. The van der Waals surface area contributed by atoms with Crippen molar-refractivity contribution in [2.75, 3.05) is 0 Å². The molecule has 0 aromatic carbocycles. The predicted octanol–water partition coefficient (Wildman–Crippen LogP) is 4.36. The van der Waals surface area contributed by atoms with Crippen LogP contribution in [0, 0.1) is 29.1 Å². The fourth-order valence-corrected chi connectivity index (χ4v) is 5.93. The van der Waals surface area contributed by atoms with E-state index in [1.54, 1.807) is 0 Å². The standard InChI is InChI=1S/C17H31N/c1-3-4-12(2)5-16(18)17-9-13-6-14(10-17)8-15(7-13)11-17/h12-16H,3-11,18H2,1-2H3. The molecule has 0 aromatic heterocycles. The van der Waals surface area contributed by atoms with E-state index in [1.165, 1.54) is 57.8 Å². The molecule has 4 aliphatic rings. The fraction of sp³-hybridized carbons (Fsp3) is 1.00. The minimum atomic E-state index is 0.493. The highest BCUT2D eigenvalue weighted by Crippen LogP contribution is 2.61. The lowest BCUT2D eigenvalue weighted by Crippen LogP contribution is -2.54. The van der Waals surface area contributed by atoms with Gasteiger partial charge in [0.1, 0.15) is 0 Å². The third-order valence-electron chi connectivity index (χ3n) is 6.31. The molecule has 104 valence electrons. The van der Waals surface area contributed by atoms with Crippen LogP contribution in [0.2, 0.25) is 0 Å². The molecule has 2 unspecified atom stereocenters. The van der Waals surface area contributed by atoms with Crippen LogP contribution < -0.4 is 5.73 Å². The summed E-state index contributed by atoms with van der Waals surface area (Å²) in [7, 11) is 0. The molecule has 2 atom stereocenters. The third kappa shape index (κ3) is 2.24. The van der Waals surface area contributed by atoms with Gasteiger partial charge >= 0.3 is 0 Å². The van der Waals surface area contributed by atoms with Crippen molar-refractivity contribution in [3.05, 3.63) is 0 Å². The molecule has 4 fully saturated rings. The van der Waals surface area contributed by atoms with E-state index >= 15 is 0 Å². The van der Waals surface area contributed by atoms with Crippen LogP contribution >= 0.6 is 0 Å². The van der Waals surface area contributed by atoms with Gasteiger partial charge in [-0.25, -0.2) is 0 Å². The van der Waals surface area contributed by atoms with Gasteiger partial charge in [-0.15, -0.1) is 0 Å². The molecule has 1 heteroatoms. The van der Waals surface area contributed by atoms with Gasteiger partial charge in [-0.3, -0.25) is 0 Å². The van der Waals surface area contributed by atoms with Crippen molar-refractivity contribution in [1.29, 1.82) is 0 Å². The van der Waals surface area contributed by atoms with Gasteiger partial charge in [0.2, 0.25) is 0 Å². The zero-order valence-electron chi connectivity index (χ0n) is 12.3. The van der Waals surface area contributed by atoms with Crippen LogP contribution in [0.5, 0.6) is 0 Å². The van der Waals surface area contributed by atoms with Crippen molar-refractivity contribution in [2.45, 2.75) is 77.7 Å². The number of nitrogens with two attached hydrogens (primary N) is 1. The van der Waals surface area contributed by atoms with E-state index in [2.05, 4.69) is 13.8 Å². The maximum atomic E-state index is 6.70. The normalized spacial score (nSPS) is 45.2. The molecule has 0 aliphatic heterocycles. The van der Waals surface area contributed by atoms with Gasteiger partial charge < -0.3 is 5.73 Å². The molecular weight excluding hydrogens is 218 g/mol. The van der Waals surface area contributed by atoms with E-state index in [0.717, 1.165) is 23.7 Å². The first-order chi connectivity index (χ1) is 8.61. The molecule has 4 saturated carbocycles.